The van der Waals surface area contributed by atoms with Crippen LogP contribution < -0.4 is 0 Å². The Morgan fingerprint density at radius 1 is 1.20 bits per heavy atom. The van der Waals surface area contributed by atoms with Crippen LogP contribution in [-0.2, 0) is 0 Å². The third-order valence-electron chi connectivity index (χ3n) is 3.23. The summed E-state index contributed by atoms with van der Waals surface area (Å²) in [4.78, 5) is 2.12. The molecule has 0 aromatic rings. The second kappa shape index (κ2) is 4.16. The molecule has 0 aromatic heterocycles. The number of hydrogen-bond donors (Lipinski definition) is 0. The average molecular weight is 219 g/mol. The summed E-state index contributed by atoms with van der Waals surface area (Å²) in [5.74, 6) is -1.07. The highest BCUT2D eigenvalue weighted by Gasteiger charge is 2.40. The first kappa shape index (κ1) is 11.0. The predicted molar refractivity (Wildman–Crippen MR) is 52.5 cm³/mol. The zero-order chi connectivity index (χ0) is 10.9. The molecule has 1 saturated heterocycles. The minimum atomic E-state index is -3.99. The van der Waals surface area contributed by atoms with Crippen LogP contribution in [-0.4, -0.2) is 30.7 Å². The number of rotatable bonds is 2. The van der Waals surface area contributed by atoms with E-state index in [9.17, 15) is 13.2 Å². The fourth-order valence-corrected chi connectivity index (χ4v) is 1.98. The van der Waals surface area contributed by atoms with Crippen molar-refractivity contribution in [3.8, 4) is 0 Å². The fraction of sp³-hybridized carbons (Fsp3) is 0.818. The smallest absolute Gasteiger partial charge is 0.300 e. The summed E-state index contributed by atoms with van der Waals surface area (Å²) < 4.78 is 37.1. The van der Waals surface area contributed by atoms with Gasteiger partial charge in [0.25, 0.3) is 0 Å². The summed E-state index contributed by atoms with van der Waals surface area (Å²) in [5, 5.41) is 0. The molecule has 1 heterocycles. The van der Waals surface area contributed by atoms with Gasteiger partial charge in [0, 0.05) is 6.54 Å². The van der Waals surface area contributed by atoms with Crippen molar-refractivity contribution in [2.24, 2.45) is 5.92 Å². The minimum Gasteiger partial charge on any atom is -0.300 e. The minimum absolute atomic E-state index is 0.271. The Balaban J connectivity index is 1.74. The topological polar surface area (TPSA) is 3.24 Å². The largest absolute Gasteiger partial charge is 0.391 e. The standard InChI is InChI=1S/C11H16F3N/c12-11(13,14)10-4-7-15(8-5-10)6-3-9-1-2-9/h3,10H,1-2,4-8H2. The molecule has 1 aliphatic carbocycles. The van der Waals surface area contributed by atoms with E-state index in [0.717, 1.165) is 6.54 Å². The summed E-state index contributed by atoms with van der Waals surface area (Å²) in [6.07, 6.45) is 1.12. The van der Waals surface area contributed by atoms with Crippen LogP contribution in [0.2, 0.25) is 0 Å². The van der Waals surface area contributed by atoms with Gasteiger partial charge in [0.2, 0.25) is 0 Å². The molecular formula is C11H16F3N. The van der Waals surface area contributed by atoms with Crippen LogP contribution in [0.4, 0.5) is 13.2 Å². The number of hydrogen-bond acceptors (Lipinski definition) is 1. The van der Waals surface area contributed by atoms with Gasteiger partial charge >= 0.3 is 6.18 Å². The lowest BCUT2D eigenvalue weighted by Crippen LogP contribution is -2.38. The summed E-state index contributed by atoms with van der Waals surface area (Å²) in [6, 6.07) is 0. The number of allylic oxidation sites excluding steroid dienone is 1. The van der Waals surface area contributed by atoms with Crippen LogP contribution in [0.5, 0.6) is 0 Å². The van der Waals surface area contributed by atoms with Gasteiger partial charge in [-0.15, -0.1) is 0 Å². The van der Waals surface area contributed by atoms with Crippen molar-refractivity contribution < 1.29 is 13.2 Å². The molecular weight excluding hydrogens is 203 g/mol. The Hall–Kier alpha value is -0.510. The van der Waals surface area contributed by atoms with E-state index in [1.165, 1.54) is 18.4 Å². The molecule has 0 N–H and O–H groups in total. The molecule has 0 amide bonds. The molecule has 2 rings (SSSR count). The molecule has 0 spiro atoms. The highest BCUT2D eigenvalue weighted by Crippen LogP contribution is 2.34. The van der Waals surface area contributed by atoms with Gasteiger partial charge in [0.05, 0.1) is 5.92 Å². The lowest BCUT2D eigenvalue weighted by atomic mass is 9.96. The Labute approximate surface area is 87.9 Å². The van der Waals surface area contributed by atoms with Gasteiger partial charge < -0.3 is 0 Å². The maximum atomic E-state index is 12.4. The molecule has 0 atom stereocenters. The number of halogens is 3. The molecule has 15 heavy (non-hydrogen) atoms. The Kier molecular flexibility index (Phi) is 3.05. The fourth-order valence-electron chi connectivity index (χ4n) is 1.98. The summed E-state index contributed by atoms with van der Waals surface area (Å²) in [5.41, 5.74) is 1.47. The van der Waals surface area contributed by atoms with E-state index < -0.39 is 12.1 Å². The lowest BCUT2D eigenvalue weighted by Gasteiger charge is -2.32. The maximum Gasteiger partial charge on any atom is 0.391 e. The van der Waals surface area contributed by atoms with Gasteiger partial charge in [0.15, 0.2) is 0 Å². The van der Waals surface area contributed by atoms with Crippen molar-refractivity contribution in [3.05, 3.63) is 11.6 Å². The number of piperidine rings is 1. The number of likely N-dealkylation sites (tertiary alicyclic amines) is 1. The van der Waals surface area contributed by atoms with Crippen molar-refractivity contribution >= 4 is 0 Å². The molecule has 0 radical (unpaired) electrons. The molecule has 2 fully saturated rings. The van der Waals surface area contributed by atoms with Crippen LogP contribution in [0, 0.1) is 5.92 Å². The first-order valence-electron chi connectivity index (χ1n) is 5.52. The third kappa shape index (κ3) is 3.23. The van der Waals surface area contributed by atoms with Crippen LogP contribution in [0.15, 0.2) is 11.6 Å². The van der Waals surface area contributed by atoms with Gasteiger partial charge in [-0.2, -0.15) is 13.2 Å². The quantitative estimate of drug-likeness (QED) is 0.645. The van der Waals surface area contributed by atoms with Crippen molar-refractivity contribution in [2.45, 2.75) is 31.9 Å². The normalized spacial score (nSPS) is 24.3. The monoisotopic (exact) mass is 219 g/mol. The van der Waals surface area contributed by atoms with Gasteiger partial charge in [-0.1, -0.05) is 11.6 Å². The Bertz CT molecular complexity index is 243. The molecule has 0 bridgehead atoms. The van der Waals surface area contributed by atoms with Crippen LogP contribution in [0.25, 0.3) is 0 Å². The zero-order valence-electron chi connectivity index (χ0n) is 8.69. The van der Waals surface area contributed by atoms with Gasteiger partial charge in [0.1, 0.15) is 0 Å². The molecule has 1 saturated carbocycles. The van der Waals surface area contributed by atoms with E-state index in [2.05, 4.69) is 11.0 Å². The van der Waals surface area contributed by atoms with E-state index >= 15 is 0 Å². The summed E-state index contributed by atoms with van der Waals surface area (Å²) in [7, 11) is 0. The second-order valence-electron chi connectivity index (χ2n) is 4.48. The predicted octanol–water partition coefficient (Wildman–Crippen LogP) is 2.98. The van der Waals surface area contributed by atoms with Crippen molar-refractivity contribution in [1.29, 1.82) is 0 Å². The summed E-state index contributed by atoms with van der Waals surface area (Å²) >= 11 is 0. The van der Waals surface area contributed by atoms with Crippen LogP contribution >= 0.6 is 0 Å². The Morgan fingerprint density at radius 2 is 1.80 bits per heavy atom. The molecule has 0 unspecified atom stereocenters. The molecule has 1 nitrogen and oxygen atoms in total. The molecule has 4 heteroatoms. The molecule has 2 aliphatic rings. The molecule has 0 aromatic carbocycles. The van der Waals surface area contributed by atoms with E-state index in [0.29, 0.717) is 13.1 Å². The van der Waals surface area contributed by atoms with E-state index in [1.807, 2.05) is 0 Å². The van der Waals surface area contributed by atoms with Gasteiger partial charge in [-0.25, -0.2) is 0 Å². The lowest BCUT2D eigenvalue weighted by molar-refractivity contribution is -0.184. The first-order chi connectivity index (χ1) is 7.05. The maximum absolute atomic E-state index is 12.4. The van der Waals surface area contributed by atoms with E-state index in [1.54, 1.807) is 0 Å². The highest BCUT2D eigenvalue weighted by atomic mass is 19.4. The first-order valence-corrected chi connectivity index (χ1v) is 5.52. The third-order valence-corrected chi connectivity index (χ3v) is 3.23. The highest BCUT2D eigenvalue weighted by molar-refractivity contribution is 5.16. The Morgan fingerprint density at radius 3 is 2.27 bits per heavy atom. The number of nitrogens with zero attached hydrogens (tertiary/aromatic N) is 1. The van der Waals surface area contributed by atoms with Crippen LogP contribution in [0.1, 0.15) is 25.7 Å². The van der Waals surface area contributed by atoms with Crippen molar-refractivity contribution in [3.63, 3.8) is 0 Å². The number of alkyl halides is 3. The molecule has 1 aliphatic heterocycles. The van der Waals surface area contributed by atoms with Crippen molar-refractivity contribution in [2.75, 3.05) is 19.6 Å². The second-order valence-corrected chi connectivity index (χ2v) is 4.48. The van der Waals surface area contributed by atoms with Crippen molar-refractivity contribution in [1.82, 2.24) is 4.90 Å². The molecule has 86 valence electrons. The van der Waals surface area contributed by atoms with E-state index in [-0.39, 0.29) is 12.8 Å². The van der Waals surface area contributed by atoms with Gasteiger partial charge in [-0.3, -0.25) is 4.90 Å². The van der Waals surface area contributed by atoms with E-state index in [4.69, 9.17) is 0 Å². The average Bonchev–Trinajstić information content (AvgIpc) is 2.97. The van der Waals surface area contributed by atoms with Crippen LogP contribution in [0.3, 0.4) is 0 Å². The SMILES string of the molecule is FC(F)(F)C1CCN(CC=C2CC2)CC1. The van der Waals surface area contributed by atoms with Gasteiger partial charge in [-0.05, 0) is 38.8 Å². The summed E-state index contributed by atoms with van der Waals surface area (Å²) in [6.45, 7) is 2.03. The zero-order valence-corrected chi connectivity index (χ0v) is 8.69.